The van der Waals surface area contributed by atoms with E-state index < -0.39 is 0 Å². The lowest BCUT2D eigenvalue weighted by atomic mass is 10.3. The van der Waals surface area contributed by atoms with Crippen LogP contribution in [0, 0.1) is 13.8 Å². The highest BCUT2D eigenvalue weighted by atomic mass is 79.9. The first kappa shape index (κ1) is 13.9. The Morgan fingerprint density at radius 1 is 1.19 bits per heavy atom. The molecule has 0 fully saturated rings. The molecule has 0 aliphatic carbocycles. The van der Waals surface area contributed by atoms with Crippen molar-refractivity contribution in [1.29, 1.82) is 0 Å². The number of aromatic nitrogens is 5. The van der Waals surface area contributed by atoms with Crippen LogP contribution in [0.2, 0.25) is 0 Å². The Balaban J connectivity index is 1.72. The van der Waals surface area contributed by atoms with Crippen molar-refractivity contribution in [2.75, 3.05) is 0 Å². The van der Waals surface area contributed by atoms with Crippen molar-refractivity contribution in [1.82, 2.24) is 25.0 Å². The van der Waals surface area contributed by atoms with Gasteiger partial charge in [-0.3, -0.25) is 9.67 Å². The van der Waals surface area contributed by atoms with E-state index in [9.17, 15) is 0 Å². The second-order valence-corrected chi connectivity index (χ2v) is 5.49. The minimum Gasteiger partial charge on any atom is -0.421 e. The van der Waals surface area contributed by atoms with Crippen LogP contribution in [-0.4, -0.2) is 25.0 Å². The maximum Gasteiger partial charge on any atom is 0.247 e. The van der Waals surface area contributed by atoms with Gasteiger partial charge in [0.05, 0.1) is 10.2 Å². The third kappa shape index (κ3) is 2.87. The van der Waals surface area contributed by atoms with Gasteiger partial charge >= 0.3 is 0 Å². The monoisotopic (exact) mass is 347 g/mol. The van der Waals surface area contributed by atoms with Gasteiger partial charge in [-0.05, 0) is 41.9 Å². The Kier molecular flexibility index (Phi) is 3.83. The molecule has 0 aromatic carbocycles. The second kappa shape index (κ2) is 5.77. The third-order valence-electron chi connectivity index (χ3n) is 3.22. The molecule has 21 heavy (non-hydrogen) atoms. The standard InChI is InChI=1S/C14H14BrN5O/c1-9-13(15)10(2)20(19-9)8-5-12-17-18-14(21-12)11-3-6-16-7-4-11/h3-4,6-7H,5,8H2,1-2H3. The topological polar surface area (TPSA) is 69.6 Å². The van der Waals surface area contributed by atoms with Gasteiger partial charge in [-0.1, -0.05) is 0 Å². The fourth-order valence-electron chi connectivity index (χ4n) is 2.06. The van der Waals surface area contributed by atoms with Crippen LogP contribution in [0.25, 0.3) is 11.5 Å². The molecule has 0 radical (unpaired) electrons. The normalized spacial score (nSPS) is 11.0. The zero-order valence-corrected chi connectivity index (χ0v) is 13.3. The van der Waals surface area contributed by atoms with Gasteiger partial charge in [-0.25, -0.2) is 0 Å². The summed E-state index contributed by atoms with van der Waals surface area (Å²) in [6.07, 6.45) is 4.05. The summed E-state index contributed by atoms with van der Waals surface area (Å²) in [6, 6.07) is 3.69. The zero-order chi connectivity index (χ0) is 14.8. The summed E-state index contributed by atoms with van der Waals surface area (Å²) in [5.41, 5.74) is 2.95. The molecule has 0 atom stereocenters. The van der Waals surface area contributed by atoms with Crippen LogP contribution < -0.4 is 0 Å². The van der Waals surface area contributed by atoms with Crippen molar-refractivity contribution in [3.8, 4) is 11.5 Å². The molecule has 0 aliphatic rings. The Bertz CT molecular complexity index is 750. The molecule has 0 unspecified atom stereocenters. The molecule has 7 heteroatoms. The van der Waals surface area contributed by atoms with E-state index in [0.29, 0.717) is 24.7 Å². The lowest BCUT2D eigenvalue weighted by molar-refractivity contribution is 0.471. The van der Waals surface area contributed by atoms with Crippen LogP contribution in [0.1, 0.15) is 17.3 Å². The van der Waals surface area contributed by atoms with Gasteiger partial charge in [-0.15, -0.1) is 10.2 Å². The maximum atomic E-state index is 5.67. The molecule has 0 amide bonds. The first-order valence-electron chi connectivity index (χ1n) is 6.57. The molecule has 108 valence electrons. The molecule has 3 aromatic rings. The lowest BCUT2D eigenvalue weighted by Crippen LogP contribution is -2.05. The highest BCUT2D eigenvalue weighted by Crippen LogP contribution is 2.20. The second-order valence-electron chi connectivity index (χ2n) is 4.69. The van der Waals surface area contributed by atoms with E-state index >= 15 is 0 Å². The summed E-state index contributed by atoms with van der Waals surface area (Å²) in [7, 11) is 0. The minimum atomic E-state index is 0.516. The number of rotatable bonds is 4. The maximum absolute atomic E-state index is 5.67. The third-order valence-corrected chi connectivity index (χ3v) is 4.37. The van der Waals surface area contributed by atoms with Gasteiger partial charge in [0.2, 0.25) is 11.8 Å². The van der Waals surface area contributed by atoms with Crippen LogP contribution in [0.3, 0.4) is 0 Å². The molecule has 0 bridgehead atoms. The number of nitrogens with zero attached hydrogens (tertiary/aromatic N) is 5. The van der Waals surface area contributed by atoms with E-state index in [1.165, 1.54) is 0 Å². The fraction of sp³-hybridized carbons (Fsp3) is 0.286. The van der Waals surface area contributed by atoms with Gasteiger partial charge < -0.3 is 4.42 Å². The fourth-order valence-corrected chi connectivity index (χ4v) is 2.34. The van der Waals surface area contributed by atoms with E-state index in [1.807, 2.05) is 30.7 Å². The summed E-state index contributed by atoms with van der Waals surface area (Å²) in [4.78, 5) is 3.97. The van der Waals surface area contributed by atoms with Crippen molar-refractivity contribution in [3.05, 3.63) is 46.3 Å². The molecular weight excluding hydrogens is 334 g/mol. The number of pyridine rings is 1. The average Bonchev–Trinajstić information content (AvgIpc) is 3.07. The molecular formula is C14H14BrN5O. The van der Waals surface area contributed by atoms with Crippen LogP contribution in [-0.2, 0) is 13.0 Å². The van der Waals surface area contributed by atoms with Gasteiger partial charge in [0.15, 0.2) is 0 Å². The number of hydrogen-bond acceptors (Lipinski definition) is 5. The molecule has 3 heterocycles. The molecule has 0 spiro atoms. The van der Waals surface area contributed by atoms with Crippen LogP contribution in [0.15, 0.2) is 33.4 Å². The molecule has 0 saturated heterocycles. The predicted molar refractivity (Wildman–Crippen MR) is 80.6 cm³/mol. The Hall–Kier alpha value is -2.02. The molecule has 6 nitrogen and oxygen atoms in total. The van der Waals surface area contributed by atoms with Crippen molar-refractivity contribution in [2.45, 2.75) is 26.8 Å². The predicted octanol–water partition coefficient (Wildman–Crippen LogP) is 2.95. The van der Waals surface area contributed by atoms with Gasteiger partial charge in [0.25, 0.3) is 0 Å². The summed E-state index contributed by atoms with van der Waals surface area (Å²) in [5, 5.41) is 12.6. The SMILES string of the molecule is Cc1nn(CCc2nnc(-c3ccncc3)o2)c(C)c1Br. The van der Waals surface area contributed by atoms with Crippen molar-refractivity contribution < 1.29 is 4.42 Å². The van der Waals surface area contributed by atoms with E-state index in [2.05, 4.69) is 36.2 Å². The molecule has 3 aromatic heterocycles. The van der Waals surface area contributed by atoms with E-state index in [1.54, 1.807) is 12.4 Å². The summed E-state index contributed by atoms with van der Waals surface area (Å²) < 4.78 is 8.65. The van der Waals surface area contributed by atoms with Crippen LogP contribution >= 0.6 is 15.9 Å². The smallest absolute Gasteiger partial charge is 0.247 e. The van der Waals surface area contributed by atoms with Gasteiger partial charge in [-0.2, -0.15) is 5.10 Å². The minimum absolute atomic E-state index is 0.516. The quantitative estimate of drug-likeness (QED) is 0.725. The van der Waals surface area contributed by atoms with E-state index in [4.69, 9.17) is 4.42 Å². The first-order valence-corrected chi connectivity index (χ1v) is 7.36. The molecule has 0 saturated carbocycles. The molecule has 0 aliphatic heterocycles. The summed E-state index contributed by atoms with van der Waals surface area (Å²) in [5.74, 6) is 1.12. The number of halogens is 1. The largest absolute Gasteiger partial charge is 0.421 e. The van der Waals surface area contributed by atoms with Gasteiger partial charge in [0, 0.05) is 36.6 Å². The van der Waals surface area contributed by atoms with Crippen molar-refractivity contribution >= 4 is 15.9 Å². The van der Waals surface area contributed by atoms with Crippen molar-refractivity contribution in [2.24, 2.45) is 0 Å². The Labute approximate surface area is 130 Å². The molecule has 0 N–H and O–H groups in total. The van der Waals surface area contributed by atoms with Gasteiger partial charge in [0.1, 0.15) is 0 Å². The van der Waals surface area contributed by atoms with E-state index in [0.717, 1.165) is 21.4 Å². The van der Waals surface area contributed by atoms with E-state index in [-0.39, 0.29) is 0 Å². The highest BCUT2D eigenvalue weighted by Gasteiger charge is 2.11. The Morgan fingerprint density at radius 3 is 2.62 bits per heavy atom. The van der Waals surface area contributed by atoms with Crippen LogP contribution in [0.4, 0.5) is 0 Å². The molecule has 3 rings (SSSR count). The Morgan fingerprint density at radius 2 is 1.95 bits per heavy atom. The zero-order valence-electron chi connectivity index (χ0n) is 11.7. The highest BCUT2D eigenvalue weighted by molar-refractivity contribution is 9.10. The summed E-state index contributed by atoms with van der Waals surface area (Å²) in [6.45, 7) is 4.71. The lowest BCUT2D eigenvalue weighted by Gasteiger charge is -2.01. The number of hydrogen-bond donors (Lipinski definition) is 0. The van der Waals surface area contributed by atoms with Crippen LogP contribution in [0.5, 0.6) is 0 Å². The average molecular weight is 348 g/mol. The van der Waals surface area contributed by atoms with Crippen molar-refractivity contribution in [3.63, 3.8) is 0 Å². The summed E-state index contributed by atoms with van der Waals surface area (Å²) >= 11 is 3.52. The first-order chi connectivity index (χ1) is 10.1. The number of aryl methyl sites for hydroxylation is 3.